The van der Waals surface area contributed by atoms with E-state index in [9.17, 15) is 4.79 Å². The molecule has 2 aromatic carbocycles. The lowest BCUT2D eigenvalue weighted by Crippen LogP contribution is -2.05. The molecule has 0 fully saturated rings. The summed E-state index contributed by atoms with van der Waals surface area (Å²) in [6, 6.07) is 15.1. The van der Waals surface area contributed by atoms with Gasteiger partial charge in [0.2, 0.25) is 0 Å². The van der Waals surface area contributed by atoms with E-state index < -0.39 is 0 Å². The highest BCUT2D eigenvalue weighted by molar-refractivity contribution is 5.96. The SMILES string of the molecule is CCCOC(=O)c1ccc(Nc2cc(C)nc3c(OC)cccc23)cc1. The summed E-state index contributed by atoms with van der Waals surface area (Å²) in [5.41, 5.74) is 4.07. The molecule has 3 aromatic rings. The van der Waals surface area contributed by atoms with Crippen LogP contribution in [-0.4, -0.2) is 24.7 Å². The molecule has 0 saturated heterocycles. The van der Waals surface area contributed by atoms with Crippen molar-refractivity contribution in [2.75, 3.05) is 19.0 Å². The van der Waals surface area contributed by atoms with E-state index in [1.165, 1.54) is 0 Å². The first-order valence-corrected chi connectivity index (χ1v) is 8.61. The maximum absolute atomic E-state index is 11.9. The van der Waals surface area contributed by atoms with Crippen LogP contribution in [0.5, 0.6) is 5.75 Å². The topological polar surface area (TPSA) is 60.5 Å². The van der Waals surface area contributed by atoms with Crippen molar-refractivity contribution in [3.63, 3.8) is 0 Å². The lowest BCUT2D eigenvalue weighted by Gasteiger charge is -2.13. The second kappa shape index (κ2) is 7.87. The Morgan fingerprint density at radius 1 is 1.15 bits per heavy atom. The van der Waals surface area contributed by atoms with Crippen LogP contribution in [0.4, 0.5) is 11.4 Å². The predicted molar refractivity (Wildman–Crippen MR) is 103 cm³/mol. The van der Waals surface area contributed by atoms with Crippen LogP contribution in [0.1, 0.15) is 29.4 Å². The van der Waals surface area contributed by atoms with Crippen molar-refractivity contribution in [3.05, 3.63) is 59.8 Å². The Labute approximate surface area is 153 Å². The van der Waals surface area contributed by atoms with E-state index in [0.717, 1.165) is 40.1 Å². The molecule has 134 valence electrons. The zero-order chi connectivity index (χ0) is 18.5. The standard InChI is InChI=1S/C21H22N2O3/c1-4-12-26-21(24)15-8-10-16(11-9-15)23-18-13-14(2)22-20-17(18)6-5-7-19(20)25-3/h5-11,13H,4,12H2,1-3H3,(H,22,23). The smallest absolute Gasteiger partial charge is 0.338 e. The number of rotatable bonds is 6. The van der Waals surface area contributed by atoms with Crippen LogP contribution < -0.4 is 10.1 Å². The Balaban J connectivity index is 1.88. The van der Waals surface area contributed by atoms with E-state index in [-0.39, 0.29) is 5.97 Å². The fourth-order valence-electron chi connectivity index (χ4n) is 2.74. The number of esters is 1. The first-order valence-electron chi connectivity index (χ1n) is 8.61. The molecule has 5 nitrogen and oxygen atoms in total. The zero-order valence-corrected chi connectivity index (χ0v) is 15.2. The van der Waals surface area contributed by atoms with Gasteiger partial charge in [-0.15, -0.1) is 0 Å². The average Bonchev–Trinajstić information content (AvgIpc) is 2.66. The highest BCUT2D eigenvalue weighted by Crippen LogP contribution is 2.31. The van der Waals surface area contributed by atoms with Crippen molar-refractivity contribution >= 4 is 28.2 Å². The molecule has 1 heterocycles. The number of anilines is 2. The van der Waals surface area contributed by atoms with Crippen LogP contribution in [0.3, 0.4) is 0 Å². The van der Waals surface area contributed by atoms with Gasteiger partial charge in [-0.05, 0) is 49.7 Å². The predicted octanol–water partition coefficient (Wildman–Crippen LogP) is 4.86. The molecule has 1 N–H and O–H groups in total. The lowest BCUT2D eigenvalue weighted by atomic mass is 10.1. The van der Waals surface area contributed by atoms with Gasteiger partial charge < -0.3 is 14.8 Å². The number of aryl methyl sites for hydroxylation is 1. The molecule has 0 saturated carbocycles. The Hall–Kier alpha value is -3.08. The molecule has 1 aromatic heterocycles. The van der Waals surface area contributed by atoms with Gasteiger partial charge in [0.25, 0.3) is 0 Å². The van der Waals surface area contributed by atoms with E-state index in [2.05, 4.69) is 10.3 Å². The summed E-state index contributed by atoms with van der Waals surface area (Å²) in [7, 11) is 1.64. The third-order valence-corrected chi connectivity index (χ3v) is 3.99. The average molecular weight is 350 g/mol. The molecule has 0 spiro atoms. The van der Waals surface area contributed by atoms with Gasteiger partial charge in [0.15, 0.2) is 0 Å². The first kappa shape index (κ1) is 17.7. The van der Waals surface area contributed by atoms with Crippen LogP contribution in [-0.2, 0) is 4.74 Å². The molecule has 0 amide bonds. The monoisotopic (exact) mass is 350 g/mol. The fraction of sp³-hybridized carbons (Fsp3) is 0.238. The van der Waals surface area contributed by atoms with Gasteiger partial charge >= 0.3 is 5.97 Å². The molecule has 0 unspecified atom stereocenters. The number of aromatic nitrogens is 1. The van der Waals surface area contributed by atoms with E-state index in [1.54, 1.807) is 19.2 Å². The largest absolute Gasteiger partial charge is 0.494 e. The number of ether oxygens (including phenoxy) is 2. The van der Waals surface area contributed by atoms with Crippen molar-refractivity contribution in [2.45, 2.75) is 20.3 Å². The number of pyridine rings is 1. The van der Waals surface area contributed by atoms with Crippen LogP contribution in [0.15, 0.2) is 48.5 Å². The van der Waals surface area contributed by atoms with E-state index in [0.29, 0.717) is 12.2 Å². The Bertz CT molecular complexity index is 920. The fourth-order valence-corrected chi connectivity index (χ4v) is 2.74. The number of nitrogens with one attached hydrogen (secondary N) is 1. The van der Waals surface area contributed by atoms with Crippen LogP contribution in [0.2, 0.25) is 0 Å². The molecular weight excluding hydrogens is 328 g/mol. The van der Waals surface area contributed by atoms with Crippen molar-refractivity contribution in [2.24, 2.45) is 0 Å². The first-order chi connectivity index (χ1) is 12.6. The van der Waals surface area contributed by atoms with E-state index in [1.807, 2.05) is 50.2 Å². The third-order valence-electron chi connectivity index (χ3n) is 3.99. The molecule has 3 rings (SSSR count). The van der Waals surface area contributed by atoms with Crippen molar-refractivity contribution < 1.29 is 14.3 Å². The van der Waals surface area contributed by atoms with Gasteiger partial charge in [0.05, 0.1) is 19.3 Å². The number of methoxy groups -OCH3 is 1. The van der Waals surface area contributed by atoms with Gasteiger partial charge in [0.1, 0.15) is 11.3 Å². The molecule has 0 radical (unpaired) electrons. The summed E-state index contributed by atoms with van der Waals surface area (Å²) in [6.07, 6.45) is 0.809. The van der Waals surface area contributed by atoms with E-state index >= 15 is 0 Å². The van der Waals surface area contributed by atoms with Crippen molar-refractivity contribution in [1.82, 2.24) is 4.98 Å². The summed E-state index contributed by atoms with van der Waals surface area (Å²) >= 11 is 0. The summed E-state index contributed by atoms with van der Waals surface area (Å²) < 4.78 is 10.6. The lowest BCUT2D eigenvalue weighted by molar-refractivity contribution is 0.0505. The number of fused-ring (bicyclic) bond motifs is 1. The third kappa shape index (κ3) is 3.77. The Morgan fingerprint density at radius 2 is 1.92 bits per heavy atom. The summed E-state index contributed by atoms with van der Waals surface area (Å²) in [5, 5.41) is 4.37. The molecule has 0 atom stereocenters. The Kier molecular flexibility index (Phi) is 5.37. The number of carbonyl (C=O) groups is 1. The zero-order valence-electron chi connectivity index (χ0n) is 15.2. The molecule has 0 aliphatic rings. The van der Waals surface area contributed by atoms with Crippen LogP contribution >= 0.6 is 0 Å². The van der Waals surface area contributed by atoms with Gasteiger partial charge in [-0.25, -0.2) is 9.78 Å². The van der Waals surface area contributed by atoms with Gasteiger partial charge in [-0.1, -0.05) is 19.1 Å². The second-order valence-corrected chi connectivity index (χ2v) is 6.01. The second-order valence-electron chi connectivity index (χ2n) is 6.01. The molecule has 0 aliphatic heterocycles. The number of carbonyl (C=O) groups excluding carboxylic acids is 1. The normalized spacial score (nSPS) is 10.6. The van der Waals surface area contributed by atoms with Gasteiger partial charge in [-0.2, -0.15) is 0 Å². The molecule has 26 heavy (non-hydrogen) atoms. The van der Waals surface area contributed by atoms with Gasteiger partial charge in [0, 0.05) is 22.5 Å². The van der Waals surface area contributed by atoms with E-state index in [4.69, 9.17) is 9.47 Å². The number of benzene rings is 2. The van der Waals surface area contributed by atoms with Crippen molar-refractivity contribution in [1.29, 1.82) is 0 Å². The minimum Gasteiger partial charge on any atom is -0.494 e. The van der Waals surface area contributed by atoms with Crippen LogP contribution in [0.25, 0.3) is 10.9 Å². The maximum atomic E-state index is 11.9. The maximum Gasteiger partial charge on any atom is 0.338 e. The quantitative estimate of drug-likeness (QED) is 0.643. The van der Waals surface area contributed by atoms with Gasteiger partial charge in [-0.3, -0.25) is 0 Å². The molecular formula is C21H22N2O3. The molecule has 5 heteroatoms. The Morgan fingerprint density at radius 3 is 2.62 bits per heavy atom. The number of para-hydroxylation sites is 1. The number of hydrogen-bond acceptors (Lipinski definition) is 5. The minimum absolute atomic E-state index is 0.298. The molecule has 0 bridgehead atoms. The van der Waals surface area contributed by atoms with Crippen LogP contribution in [0, 0.1) is 6.92 Å². The highest BCUT2D eigenvalue weighted by atomic mass is 16.5. The summed E-state index contributed by atoms with van der Waals surface area (Å²) in [6.45, 7) is 4.35. The highest BCUT2D eigenvalue weighted by Gasteiger charge is 2.10. The number of nitrogens with zero attached hydrogens (tertiary/aromatic N) is 1. The molecule has 0 aliphatic carbocycles. The minimum atomic E-state index is -0.298. The number of hydrogen-bond donors (Lipinski definition) is 1. The summed E-state index contributed by atoms with van der Waals surface area (Å²) in [5.74, 6) is 0.441. The summed E-state index contributed by atoms with van der Waals surface area (Å²) in [4.78, 5) is 16.5. The van der Waals surface area contributed by atoms with Crippen molar-refractivity contribution in [3.8, 4) is 5.75 Å².